The third-order valence-corrected chi connectivity index (χ3v) is 6.09. The lowest BCUT2D eigenvalue weighted by molar-refractivity contribution is -0.140. The minimum atomic E-state index is -0.541. The Morgan fingerprint density at radius 3 is 2.64 bits per heavy atom. The molecule has 5 atom stereocenters. The maximum Gasteiger partial charge on any atom is 0.232 e. The Morgan fingerprint density at radius 2 is 1.84 bits per heavy atom. The Bertz CT molecular complexity index is 470. The van der Waals surface area contributed by atoms with Crippen molar-refractivity contribution in [2.45, 2.75) is 76.0 Å². The van der Waals surface area contributed by atoms with Crippen LogP contribution >= 0.6 is 0 Å². The number of methoxy groups -OCH3 is 1. The van der Waals surface area contributed by atoms with Gasteiger partial charge in [-0.1, -0.05) is 25.7 Å². The number of nitrogens with one attached hydrogen (secondary N) is 2. The van der Waals surface area contributed by atoms with E-state index in [2.05, 4.69) is 10.6 Å². The topological polar surface area (TPSA) is 76.7 Å². The van der Waals surface area contributed by atoms with E-state index in [9.17, 15) is 9.59 Å². The smallest absolute Gasteiger partial charge is 0.232 e. The monoisotopic (exact) mass is 352 g/mol. The van der Waals surface area contributed by atoms with Gasteiger partial charge in [-0.25, -0.2) is 0 Å². The predicted molar refractivity (Wildman–Crippen MR) is 94.0 cm³/mol. The molecule has 2 saturated carbocycles. The molecule has 6 heteroatoms. The van der Waals surface area contributed by atoms with E-state index in [-0.39, 0.29) is 30.1 Å². The van der Waals surface area contributed by atoms with Crippen molar-refractivity contribution in [3.05, 3.63) is 0 Å². The Hall–Kier alpha value is -1.14. The highest BCUT2D eigenvalue weighted by Gasteiger charge is 2.40. The molecule has 25 heavy (non-hydrogen) atoms. The molecule has 2 N–H and O–H groups in total. The highest BCUT2D eigenvalue weighted by Crippen LogP contribution is 2.33. The lowest BCUT2D eigenvalue weighted by Gasteiger charge is -2.38. The fourth-order valence-electron chi connectivity index (χ4n) is 4.63. The van der Waals surface area contributed by atoms with Gasteiger partial charge >= 0.3 is 0 Å². The van der Waals surface area contributed by atoms with Crippen molar-refractivity contribution in [3.63, 3.8) is 0 Å². The standard InChI is InChI=1S/C19H32N2O4/c1-24-16-8-4-5-9-17(16)25-11-10-20-18(22)14-12-13-6-2-3-7-15(13)21-19(14)23/h13-17H,2-12H2,1H3,(H,20,22)(H,21,23). The first kappa shape index (κ1) is 18.6. The largest absolute Gasteiger partial charge is 0.379 e. The molecule has 3 aliphatic rings. The number of ether oxygens (including phenoxy) is 2. The number of fused-ring (bicyclic) bond motifs is 1. The quantitative estimate of drug-likeness (QED) is 0.564. The number of carbonyl (C=O) groups is 2. The third kappa shape index (κ3) is 4.73. The molecule has 6 nitrogen and oxygen atoms in total. The summed E-state index contributed by atoms with van der Waals surface area (Å²) in [4.78, 5) is 24.6. The molecule has 0 aromatic heterocycles. The molecule has 0 aromatic rings. The van der Waals surface area contributed by atoms with Gasteiger partial charge in [-0.15, -0.1) is 0 Å². The van der Waals surface area contributed by atoms with Gasteiger partial charge in [-0.3, -0.25) is 9.59 Å². The Balaban J connectivity index is 1.39. The Kier molecular flexibility index (Phi) is 6.70. The fraction of sp³-hybridized carbons (Fsp3) is 0.895. The van der Waals surface area contributed by atoms with Crippen LogP contribution in [0.1, 0.15) is 57.8 Å². The predicted octanol–water partition coefficient (Wildman–Crippen LogP) is 1.77. The summed E-state index contributed by atoms with van der Waals surface area (Å²) in [7, 11) is 1.73. The van der Waals surface area contributed by atoms with E-state index in [1.165, 1.54) is 25.7 Å². The van der Waals surface area contributed by atoms with Crippen LogP contribution in [0.2, 0.25) is 0 Å². The van der Waals surface area contributed by atoms with Gasteiger partial charge < -0.3 is 20.1 Å². The van der Waals surface area contributed by atoms with Crippen LogP contribution < -0.4 is 10.6 Å². The van der Waals surface area contributed by atoms with Crippen LogP contribution in [-0.4, -0.2) is 50.3 Å². The first-order valence-electron chi connectivity index (χ1n) is 9.91. The lowest BCUT2D eigenvalue weighted by atomic mass is 9.75. The van der Waals surface area contributed by atoms with E-state index in [1.54, 1.807) is 7.11 Å². The van der Waals surface area contributed by atoms with Crippen molar-refractivity contribution in [1.82, 2.24) is 10.6 Å². The molecule has 3 rings (SSSR count). The summed E-state index contributed by atoms with van der Waals surface area (Å²) < 4.78 is 11.4. The van der Waals surface area contributed by atoms with Crippen LogP contribution in [0.25, 0.3) is 0 Å². The summed E-state index contributed by atoms with van der Waals surface area (Å²) in [6.07, 6.45) is 9.96. The highest BCUT2D eigenvalue weighted by molar-refractivity contribution is 6.00. The van der Waals surface area contributed by atoms with Crippen LogP contribution in [0.4, 0.5) is 0 Å². The molecule has 2 aliphatic carbocycles. The molecular weight excluding hydrogens is 320 g/mol. The molecule has 1 saturated heterocycles. The minimum absolute atomic E-state index is 0.103. The van der Waals surface area contributed by atoms with Crippen molar-refractivity contribution < 1.29 is 19.1 Å². The highest BCUT2D eigenvalue weighted by atomic mass is 16.5. The van der Waals surface area contributed by atoms with Gasteiger partial charge in [-0.05, 0) is 38.0 Å². The van der Waals surface area contributed by atoms with Crippen LogP contribution in [0.5, 0.6) is 0 Å². The molecule has 1 heterocycles. The first-order valence-corrected chi connectivity index (χ1v) is 9.91. The average Bonchev–Trinajstić information content (AvgIpc) is 2.64. The van der Waals surface area contributed by atoms with Gasteiger partial charge in [0.1, 0.15) is 5.92 Å². The average molecular weight is 352 g/mol. The second-order valence-electron chi connectivity index (χ2n) is 7.71. The third-order valence-electron chi connectivity index (χ3n) is 6.09. The maximum atomic E-state index is 12.4. The summed E-state index contributed by atoms with van der Waals surface area (Å²) in [6.45, 7) is 0.917. The van der Waals surface area contributed by atoms with Crippen LogP contribution in [0, 0.1) is 11.8 Å². The second-order valence-corrected chi connectivity index (χ2v) is 7.71. The summed E-state index contributed by atoms with van der Waals surface area (Å²) in [6, 6.07) is 0.283. The first-order chi connectivity index (χ1) is 12.2. The Morgan fingerprint density at radius 1 is 1.12 bits per heavy atom. The lowest BCUT2D eigenvalue weighted by Crippen LogP contribution is -2.54. The normalized spacial score (nSPS) is 35.6. The summed E-state index contributed by atoms with van der Waals surface area (Å²) >= 11 is 0. The molecule has 3 fully saturated rings. The number of rotatable bonds is 6. The van der Waals surface area contributed by atoms with E-state index < -0.39 is 5.92 Å². The molecule has 0 aromatic carbocycles. The van der Waals surface area contributed by atoms with Crippen molar-refractivity contribution in [2.75, 3.05) is 20.3 Å². The zero-order valence-corrected chi connectivity index (χ0v) is 15.3. The van der Waals surface area contributed by atoms with E-state index in [4.69, 9.17) is 9.47 Å². The number of piperidine rings is 1. The summed E-state index contributed by atoms with van der Waals surface area (Å²) in [5.41, 5.74) is 0. The van der Waals surface area contributed by atoms with Gasteiger partial charge in [0.25, 0.3) is 0 Å². The van der Waals surface area contributed by atoms with Gasteiger partial charge in [-0.2, -0.15) is 0 Å². The molecule has 2 amide bonds. The van der Waals surface area contributed by atoms with Crippen molar-refractivity contribution in [1.29, 1.82) is 0 Å². The maximum absolute atomic E-state index is 12.4. The molecule has 1 aliphatic heterocycles. The summed E-state index contributed by atoms with van der Waals surface area (Å²) in [5.74, 6) is -0.339. The number of hydrogen-bond donors (Lipinski definition) is 2. The van der Waals surface area contributed by atoms with E-state index >= 15 is 0 Å². The zero-order valence-electron chi connectivity index (χ0n) is 15.3. The van der Waals surface area contributed by atoms with Crippen LogP contribution in [-0.2, 0) is 19.1 Å². The zero-order chi connectivity index (χ0) is 17.6. The molecule has 0 radical (unpaired) electrons. The second kappa shape index (κ2) is 8.99. The van der Waals surface area contributed by atoms with Gasteiger partial charge in [0.15, 0.2) is 0 Å². The molecule has 0 bridgehead atoms. The van der Waals surface area contributed by atoms with Crippen molar-refractivity contribution >= 4 is 11.8 Å². The number of carbonyl (C=O) groups excluding carboxylic acids is 2. The van der Waals surface area contributed by atoms with E-state index in [1.807, 2.05) is 0 Å². The molecule has 142 valence electrons. The molecular formula is C19H32N2O4. The Labute approximate surface area is 150 Å². The van der Waals surface area contributed by atoms with E-state index in [0.717, 1.165) is 25.7 Å². The van der Waals surface area contributed by atoms with Gasteiger partial charge in [0, 0.05) is 19.7 Å². The number of amides is 2. The van der Waals surface area contributed by atoms with E-state index in [0.29, 0.717) is 25.5 Å². The number of hydrogen-bond acceptors (Lipinski definition) is 4. The van der Waals surface area contributed by atoms with Crippen molar-refractivity contribution in [2.24, 2.45) is 11.8 Å². The van der Waals surface area contributed by atoms with Gasteiger partial charge in [0.05, 0.1) is 18.8 Å². The minimum Gasteiger partial charge on any atom is -0.379 e. The van der Waals surface area contributed by atoms with Crippen LogP contribution in [0.3, 0.4) is 0 Å². The van der Waals surface area contributed by atoms with Gasteiger partial charge in [0.2, 0.25) is 11.8 Å². The SMILES string of the molecule is COC1CCCCC1OCCNC(=O)C1CC2CCCCC2NC1=O. The van der Waals surface area contributed by atoms with Crippen LogP contribution in [0.15, 0.2) is 0 Å². The summed E-state index contributed by atoms with van der Waals surface area (Å²) in [5, 5.41) is 5.94. The fourth-order valence-corrected chi connectivity index (χ4v) is 4.63. The molecule has 0 spiro atoms. The van der Waals surface area contributed by atoms with Crippen molar-refractivity contribution in [3.8, 4) is 0 Å². The molecule has 5 unspecified atom stereocenters.